The summed E-state index contributed by atoms with van der Waals surface area (Å²) in [6, 6.07) is 19.6. The lowest BCUT2D eigenvalue weighted by molar-refractivity contribution is -0.142. The van der Waals surface area contributed by atoms with E-state index in [1.807, 2.05) is 6.92 Å². The predicted molar refractivity (Wildman–Crippen MR) is 134 cm³/mol. The first kappa shape index (κ1) is 24.8. The summed E-state index contributed by atoms with van der Waals surface area (Å²) in [7, 11) is -3.85. The molecule has 0 saturated heterocycles. The molecule has 8 nitrogen and oxygen atoms in total. The minimum absolute atomic E-state index is 0.0856. The van der Waals surface area contributed by atoms with Gasteiger partial charge in [-0.15, -0.1) is 0 Å². The molecule has 9 heteroatoms. The van der Waals surface area contributed by atoms with E-state index in [1.165, 1.54) is 12.1 Å². The van der Waals surface area contributed by atoms with Gasteiger partial charge in [-0.1, -0.05) is 38.1 Å². The van der Waals surface area contributed by atoms with E-state index in [0.717, 1.165) is 5.56 Å². The molecule has 1 unspecified atom stereocenters. The summed E-state index contributed by atoms with van der Waals surface area (Å²) in [6.45, 7) is 3.66. The van der Waals surface area contributed by atoms with Gasteiger partial charge in [0.2, 0.25) is 0 Å². The van der Waals surface area contributed by atoms with E-state index in [9.17, 15) is 18.3 Å². The predicted octanol–water partition coefficient (Wildman–Crippen LogP) is 4.14. The zero-order valence-electron chi connectivity index (χ0n) is 19.0. The van der Waals surface area contributed by atoms with Gasteiger partial charge in [0.1, 0.15) is 5.84 Å². The number of nitrogen functional groups attached to an aromatic ring is 1. The van der Waals surface area contributed by atoms with Crippen LogP contribution in [0.25, 0.3) is 0 Å². The summed E-state index contributed by atoms with van der Waals surface area (Å²) in [5.74, 6) is -1.19. The number of aryl methyl sites for hydroxylation is 1. The van der Waals surface area contributed by atoms with Gasteiger partial charge in [0.05, 0.1) is 4.90 Å². The minimum atomic E-state index is -3.85. The van der Waals surface area contributed by atoms with Crippen molar-refractivity contribution in [2.24, 2.45) is 5.73 Å². The molecule has 6 N–H and O–H groups in total. The van der Waals surface area contributed by atoms with Gasteiger partial charge in [-0.25, -0.2) is 13.2 Å². The Morgan fingerprint density at radius 2 is 1.65 bits per heavy atom. The first-order valence-electron chi connectivity index (χ1n) is 10.8. The van der Waals surface area contributed by atoms with Crippen LogP contribution in [0.3, 0.4) is 0 Å². The number of aliphatic carboxylic acids is 1. The zero-order chi connectivity index (χ0) is 24.9. The summed E-state index contributed by atoms with van der Waals surface area (Å²) in [5.41, 5.74) is 6.54. The van der Waals surface area contributed by atoms with Crippen LogP contribution in [0.2, 0.25) is 0 Å². The van der Waals surface area contributed by atoms with Crippen LogP contribution in [0, 0.1) is 5.41 Å². The van der Waals surface area contributed by atoms with Crippen molar-refractivity contribution in [2.75, 3.05) is 10.0 Å². The molecular formula is C25H28N4O4S. The van der Waals surface area contributed by atoms with E-state index < -0.39 is 21.5 Å². The highest BCUT2D eigenvalue weighted by molar-refractivity contribution is 7.92. The van der Waals surface area contributed by atoms with Crippen molar-refractivity contribution >= 4 is 33.2 Å². The van der Waals surface area contributed by atoms with Crippen molar-refractivity contribution in [3.8, 4) is 0 Å². The molecule has 0 spiro atoms. The molecule has 0 heterocycles. The SMILES string of the molecule is CCc1cc(NS(=O)(=O)c2ccccc2)cc(C(CC)(Nc2ccc(C(=N)N)cc2)C(=O)O)c1. The van der Waals surface area contributed by atoms with Gasteiger partial charge in [0, 0.05) is 16.9 Å². The van der Waals surface area contributed by atoms with Crippen LogP contribution >= 0.6 is 0 Å². The second-order valence-electron chi connectivity index (χ2n) is 7.87. The Hall–Kier alpha value is -3.85. The molecule has 0 fully saturated rings. The van der Waals surface area contributed by atoms with Gasteiger partial charge in [-0.05, 0) is 72.5 Å². The molecule has 0 radical (unpaired) electrons. The van der Waals surface area contributed by atoms with E-state index in [4.69, 9.17) is 11.1 Å². The number of anilines is 2. The summed E-state index contributed by atoms with van der Waals surface area (Å²) < 4.78 is 28.3. The van der Waals surface area contributed by atoms with E-state index in [0.29, 0.717) is 23.2 Å². The Kier molecular flexibility index (Phi) is 7.26. The third kappa shape index (κ3) is 5.20. The topological polar surface area (TPSA) is 145 Å². The number of nitrogens with two attached hydrogens (primary N) is 1. The number of nitrogens with one attached hydrogen (secondary N) is 3. The van der Waals surface area contributed by atoms with Gasteiger partial charge in [0.15, 0.2) is 5.54 Å². The Balaban J connectivity index is 2.06. The molecule has 0 aliphatic carbocycles. The number of carbonyl (C=O) groups is 1. The number of amidine groups is 1. The molecule has 178 valence electrons. The van der Waals surface area contributed by atoms with Crippen LogP contribution < -0.4 is 15.8 Å². The number of hydrogen-bond acceptors (Lipinski definition) is 5. The Morgan fingerprint density at radius 1 is 1.00 bits per heavy atom. The highest BCUT2D eigenvalue weighted by Gasteiger charge is 2.39. The summed E-state index contributed by atoms with van der Waals surface area (Å²) in [4.78, 5) is 12.7. The van der Waals surface area contributed by atoms with E-state index in [2.05, 4.69) is 10.0 Å². The summed E-state index contributed by atoms with van der Waals surface area (Å²) in [6.07, 6.45) is 0.773. The van der Waals surface area contributed by atoms with Crippen molar-refractivity contribution in [1.82, 2.24) is 0 Å². The van der Waals surface area contributed by atoms with Crippen LogP contribution in [0.4, 0.5) is 11.4 Å². The number of carboxylic acid groups (broad SMARTS) is 1. The fourth-order valence-corrected chi connectivity index (χ4v) is 4.75. The second kappa shape index (κ2) is 9.96. The van der Waals surface area contributed by atoms with Crippen molar-refractivity contribution in [3.05, 3.63) is 89.5 Å². The maximum atomic E-state index is 12.9. The van der Waals surface area contributed by atoms with Gasteiger partial charge >= 0.3 is 5.97 Å². The van der Waals surface area contributed by atoms with Crippen molar-refractivity contribution in [1.29, 1.82) is 5.41 Å². The van der Waals surface area contributed by atoms with Crippen LogP contribution in [-0.4, -0.2) is 25.3 Å². The lowest BCUT2D eigenvalue weighted by Gasteiger charge is -2.32. The smallest absolute Gasteiger partial charge is 0.334 e. The summed E-state index contributed by atoms with van der Waals surface area (Å²) in [5, 5.41) is 20.9. The van der Waals surface area contributed by atoms with Crippen LogP contribution in [0.1, 0.15) is 37.0 Å². The Labute approximate surface area is 199 Å². The number of rotatable bonds is 10. The molecule has 3 aromatic rings. The fourth-order valence-electron chi connectivity index (χ4n) is 3.69. The maximum Gasteiger partial charge on any atom is 0.334 e. The highest BCUT2D eigenvalue weighted by Crippen LogP contribution is 2.34. The Morgan fingerprint density at radius 3 is 2.18 bits per heavy atom. The van der Waals surface area contributed by atoms with Gasteiger partial charge in [0.25, 0.3) is 10.0 Å². The van der Waals surface area contributed by atoms with Crippen molar-refractivity contribution < 1.29 is 18.3 Å². The molecule has 0 saturated carbocycles. The third-order valence-electron chi connectivity index (χ3n) is 5.65. The van der Waals surface area contributed by atoms with Gasteiger partial charge in [-0.2, -0.15) is 0 Å². The number of benzene rings is 3. The molecule has 0 aromatic heterocycles. The molecule has 34 heavy (non-hydrogen) atoms. The van der Waals surface area contributed by atoms with Crippen LogP contribution in [-0.2, 0) is 26.8 Å². The first-order chi connectivity index (χ1) is 16.1. The van der Waals surface area contributed by atoms with E-state index in [-0.39, 0.29) is 22.8 Å². The number of sulfonamides is 1. The molecule has 1 atom stereocenters. The van der Waals surface area contributed by atoms with Crippen LogP contribution in [0.5, 0.6) is 0 Å². The lowest BCUT2D eigenvalue weighted by atomic mass is 9.85. The number of hydrogen-bond donors (Lipinski definition) is 5. The van der Waals surface area contributed by atoms with Crippen molar-refractivity contribution in [3.63, 3.8) is 0 Å². The zero-order valence-corrected chi connectivity index (χ0v) is 19.8. The van der Waals surface area contributed by atoms with Crippen LogP contribution in [0.15, 0.2) is 77.7 Å². The monoisotopic (exact) mass is 480 g/mol. The molecule has 0 aliphatic rings. The molecule has 0 amide bonds. The molecule has 3 rings (SSSR count). The average molecular weight is 481 g/mol. The third-order valence-corrected chi connectivity index (χ3v) is 7.05. The largest absolute Gasteiger partial charge is 0.479 e. The maximum absolute atomic E-state index is 12.9. The minimum Gasteiger partial charge on any atom is -0.479 e. The molecule has 0 bridgehead atoms. The average Bonchev–Trinajstić information content (AvgIpc) is 2.82. The molecular weight excluding hydrogens is 452 g/mol. The van der Waals surface area contributed by atoms with E-state index >= 15 is 0 Å². The Bertz CT molecular complexity index is 1290. The first-order valence-corrected chi connectivity index (χ1v) is 12.3. The van der Waals surface area contributed by atoms with E-state index in [1.54, 1.807) is 67.6 Å². The molecule has 0 aliphatic heterocycles. The normalized spacial score (nSPS) is 13.0. The standard InChI is InChI=1S/C25H28N4O4S/c1-3-17-14-19(16-21(15-17)29-34(32,33)22-8-6-5-7-9-22)25(4-2,24(30)31)28-20-12-10-18(11-13-20)23(26)27/h5-16,28-29H,3-4H2,1-2H3,(H3,26,27)(H,30,31). The molecule has 3 aromatic carbocycles. The quantitative estimate of drug-likeness (QED) is 0.218. The number of carboxylic acids is 1. The van der Waals surface area contributed by atoms with Gasteiger partial charge < -0.3 is 16.2 Å². The van der Waals surface area contributed by atoms with Crippen molar-refractivity contribution in [2.45, 2.75) is 37.1 Å². The fraction of sp³-hybridized carbons (Fsp3) is 0.200. The summed E-state index contributed by atoms with van der Waals surface area (Å²) >= 11 is 0. The van der Waals surface area contributed by atoms with Gasteiger partial charge in [-0.3, -0.25) is 10.1 Å². The lowest BCUT2D eigenvalue weighted by Crippen LogP contribution is -2.43. The second-order valence-corrected chi connectivity index (χ2v) is 9.55. The highest BCUT2D eigenvalue weighted by atomic mass is 32.2.